The molecule has 8 aromatic carbocycles. The van der Waals surface area contributed by atoms with Crippen molar-refractivity contribution in [1.29, 1.82) is 0 Å². The normalized spacial score (nSPS) is 18.3. The van der Waals surface area contributed by atoms with Crippen LogP contribution in [0.3, 0.4) is 0 Å². The number of fused-ring (bicyclic) bond motifs is 3. The van der Waals surface area contributed by atoms with E-state index >= 15 is 0 Å². The summed E-state index contributed by atoms with van der Waals surface area (Å²) in [5, 5.41) is -2.13. The van der Waals surface area contributed by atoms with Gasteiger partial charge in [-0.25, -0.2) is 0 Å². The maximum atomic E-state index is 9.60. The molecule has 9 aromatic rings. The lowest BCUT2D eigenvalue weighted by Crippen LogP contribution is -1.92. The van der Waals surface area contributed by atoms with E-state index in [1.807, 2.05) is 0 Å². The fraction of sp³-hybridized carbons (Fsp3) is 0. The zero-order chi connectivity index (χ0) is 51.2. The van der Waals surface area contributed by atoms with E-state index in [1.54, 1.807) is 0 Å². The number of furan rings is 1. The van der Waals surface area contributed by atoms with Gasteiger partial charge >= 0.3 is 0 Å². The van der Waals surface area contributed by atoms with Crippen LogP contribution < -0.4 is 0 Å². The maximum Gasteiger partial charge on any atom is 0.143 e. The number of hydrogen-bond acceptors (Lipinski definition) is 1. The van der Waals surface area contributed by atoms with E-state index in [2.05, 4.69) is 0 Å². The second kappa shape index (κ2) is 11.3. The minimum atomic E-state index is -0.871. The van der Waals surface area contributed by atoms with Gasteiger partial charge < -0.3 is 4.42 Å². The Bertz CT molecular complexity index is 3710. The molecule has 0 aliphatic heterocycles. The van der Waals surface area contributed by atoms with Crippen LogP contribution in [0.2, 0.25) is 0 Å². The van der Waals surface area contributed by atoms with Crippen LogP contribution >= 0.6 is 0 Å². The van der Waals surface area contributed by atoms with Crippen molar-refractivity contribution in [3.8, 4) is 55.8 Å². The van der Waals surface area contributed by atoms with E-state index in [1.165, 1.54) is 42.5 Å². The van der Waals surface area contributed by atoms with Gasteiger partial charge in [-0.05, 0) is 67.1 Å². The summed E-state index contributed by atoms with van der Waals surface area (Å²) in [4.78, 5) is 0. The molecule has 1 aromatic heterocycles. The molecule has 47 heavy (non-hydrogen) atoms. The van der Waals surface area contributed by atoms with Gasteiger partial charge in [-0.1, -0.05) is 169 Å². The van der Waals surface area contributed by atoms with Crippen molar-refractivity contribution < 1.29 is 35.9 Å². The first kappa shape index (κ1) is 12.5. The van der Waals surface area contributed by atoms with Crippen LogP contribution in [0, 0.1) is 0 Å². The topological polar surface area (TPSA) is 13.1 Å². The highest BCUT2D eigenvalue weighted by Crippen LogP contribution is 2.51. The highest BCUT2D eigenvalue weighted by Gasteiger charge is 2.25. The van der Waals surface area contributed by atoms with Gasteiger partial charge in [0, 0.05) is 22.1 Å². The van der Waals surface area contributed by atoms with Crippen LogP contribution in [0.25, 0.3) is 88.3 Å². The summed E-state index contributed by atoms with van der Waals surface area (Å²) in [5.74, 6) is -0.270. The molecular formula is C46H30O. The van der Waals surface area contributed by atoms with Gasteiger partial charge in [-0.15, -0.1) is 0 Å². The summed E-state index contributed by atoms with van der Waals surface area (Å²) < 4.78 is 210. The summed E-state index contributed by atoms with van der Waals surface area (Å²) >= 11 is 0. The maximum absolute atomic E-state index is 9.60. The zero-order valence-corrected chi connectivity index (χ0v) is 23.9. The molecule has 0 aliphatic rings. The zero-order valence-electron chi connectivity index (χ0n) is 46.9. The molecule has 1 nitrogen and oxygen atoms in total. The third-order valence-corrected chi connectivity index (χ3v) is 7.79. The Kier molecular flexibility index (Phi) is 3.02. The van der Waals surface area contributed by atoms with E-state index < -0.39 is 172 Å². The van der Waals surface area contributed by atoms with Gasteiger partial charge in [0.05, 0.1) is 31.5 Å². The molecule has 0 spiro atoms. The van der Waals surface area contributed by atoms with Gasteiger partial charge in [-0.3, -0.25) is 0 Å². The summed E-state index contributed by atoms with van der Waals surface area (Å²) in [6.45, 7) is 0. The second-order valence-electron chi connectivity index (χ2n) is 10.3. The Balaban J connectivity index is 1.62. The molecule has 0 amide bonds. The molecule has 0 aliphatic carbocycles. The van der Waals surface area contributed by atoms with E-state index in [0.29, 0.717) is 0 Å². The molecule has 1 heterocycles. The molecular weight excluding hydrogens is 569 g/mol. The Labute approximate surface area is 306 Å². The lowest BCUT2D eigenvalue weighted by atomic mass is 9.84. The molecule has 9 rings (SSSR count). The van der Waals surface area contributed by atoms with Crippen LogP contribution in [0.4, 0.5) is 0 Å². The van der Waals surface area contributed by atoms with Gasteiger partial charge in [0.2, 0.25) is 0 Å². The first-order chi connectivity index (χ1) is 32.9. The van der Waals surface area contributed by atoms with Crippen LogP contribution in [0.15, 0.2) is 186 Å². The smallest absolute Gasteiger partial charge is 0.143 e. The average Bonchev–Trinajstić information content (AvgIpc) is 3.72. The van der Waals surface area contributed by atoms with E-state index in [-0.39, 0.29) is 55.7 Å². The largest absolute Gasteiger partial charge is 0.455 e. The Morgan fingerprint density at radius 3 is 1.45 bits per heavy atom. The first-order valence-corrected chi connectivity index (χ1v) is 14.2. The molecule has 1 heteroatoms. The van der Waals surface area contributed by atoms with E-state index in [9.17, 15) is 5.48 Å². The van der Waals surface area contributed by atoms with Crippen LogP contribution in [-0.4, -0.2) is 0 Å². The van der Waals surface area contributed by atoms with Gasteiger partial charge in [-0.2, -0.15) is 0 Å². The fourth-order valence-electron chi connectivity index (χ4n) is 5.87. The highest BCUT2D eigenvalue weighted by atomic mass is 16.3. The van der Waals surface area contributed by atoms with Crippen molar-refractivity contribution in [1.82, 2.24) is 0 Å². The van der Waals surface area contributed by atoms with Crippen LogP contribution in [0.1, 0.15) is 31.5 Å². The van der Waals surface area contributed by atoms with E-state index in [4.69, 9.17) is 30.5 Å². The lowest BCUT2D eigenvalue weighted by Gasteiger charge is -2.18. The number of rotatable bonds is 5. The number of hydrogen-bond donors (Lipinski definition) is 0. The third kappa shape index (κ3) is 4.56. The molecule has 0 atom stereocenters. The Hall–Kier alpha value is -6.18. The predicted molar refractivity (Wildman–Crippen MR) is 198 cm³/mol. The summed E-state index contributed by atoms with van der Waals surface area (Å²) in [7, 11) is 0. The van der Waals surface area contributed by atoms with Gasteiger partial charge in [0.15, 0.2) is 0 Å². The summed E-state index contributed by atoms with van der Waals surface area (Å²) in [6.07, 6.45) is 0. The standard InChI is InChI=1S/C46H30O/c1-4-16-31(17-5-1)34-28-29-42-41(30-34)45(46(47-42)40-27-15-10-22-35(40)32-18-6-2-7-19-32)44-38-25-13-11-23-36(38)43(33-20-8-3-9-21-33)37-24-12-14-26-39(37)44/h1-30H/i1D,2D,3D,4D,5D,6D,7D,8D,9D,11D,12D,13D,14D,16D,17D,18D,19D,20D,21D,23D,24D,25D,26D. The monoisotopic (exact) mass is 621 g/mol. The molecule has 0 fully saturated rings. The fourth-order valence-corrected chi connectivity index (χ4v) is 5.87. The van der Waals surface area contributed by atoms with Crippen LogP contribution in [-0.2, 0) is 0 Å². The molecule has 0 N–H and O–H groups in total. The Morgan fingerprint density at radius 1 is 0.362 bits per heavy atom. The summed E-state index contributed by atoms with van der Waals surface area (Å²) in [5.41, 5.74) is -2.52. The summed E-state index contributed by atoms with van der Waals surface area (Å²) in [6, 6.07) is -7.69. The predicted octanol–water partition coefficient (Wildman–Crippen LogP) is 13.1. The van der Waals surface area contributed by atoms with Gasteiger partial charge in [0.1, 0.15) is 11.3 Å². The van der Waals surface area contributed by atoms with Crippen molar-refractivity contribution in [3.05, 3.63) is 181 Å². The third-order valence-electron chi connectivity index (χ3n) is 7.79. The van der Waals surface area contributed by atoms with Crippen molar-refractivity contribution in [2.24, 2.45) is 0 Å². The molecule has 0 unspecified atom stereocenters. The second-order valence-corrected chi connectivity index (χ2v) is 10.3. The highest BCUT2D eigenvalue weighted by molar-refractivity contribution is 6.25. The van der Waals surface area contributed by atoms with Crippen molar-refractivity contribution in [3.63, 3.8) is 0 Å². The van der Waals surface area contributed by atoms with Gasteiger partial charge in [0.25, 0.3) is 0 Å². The van der Waals surface area contributed by atoms with Crippen molar-refractivity contribution in [2.75, 3.05) is 0 Å². The lowest BCUT2D eigenvalue weighted by molar-refractivity contribution is 0.633. The minimum Gasteiger partial charge on any atom is -0.455 e. The Morgan fingerprint density at radius 2 is 0.851 bits per heavy atom. The minimum absolute atomic E-state index is 0.00910. The molecule has 0 bridgehead atoms. The van der Waals surface area contributed by atoms with Crippen molar-refractivity contribution >= 4 is 32.5 Å². The number of benzene rings is 8. The quantitative estimate of drug-likeness (QED) is 0.174. The van der Waals surface area contributed by atoms with E-state index in [0.717, 1.165) is 0 Å². The molecule has 220 valence electrons. The molecule has 0 radical (unpaired) electrons. The van der Waals surface area contributed by atoms with Crippen LogP contribution in [0.5, 0.6) is 0 Å². The average molecular weight is 622 g/mol. The van der Waals surface area contributed by atoms with Crippen molar-refractivity contribution in [2.45, 2.75) is 0 Å². The SMILES string of the molecule is [2H]c1c([2H])c([2H])c(-c2ccc3oc(-c4ccccc4-c4c([2H])c([2H])c([2H])c([2H])c4[2H])c(-c4c5c([2H])c([2H])c([2H])c([2H])c5c(-c5c([2H])c([2H])c([2H])c([2H])c5[2H])c5c([2H])c([2H])c([2H])c([2H])c45)c3c2)c([2H])c1[2H]. The molecule has 0 saturated heterocycles. The first-order valence-electron chi connectivity index (χ1n) is 25.7. The molecule has 0 saturated carbocycles.